The van der Waals surface area contributed by atoms with E-state index in [2.05, 4.69) is 5.32 Å². The van der Waals surface area contributed by atoms with Crippen molar-refractivity contribution in [3.05, 3.63) is 65.7 Å². The van der Waals surface area contributed by atoms with E-state index in [1.807, 2.05) is 39.0 Å². The lowest BCUT2D eigenvalue weighted by atomic mass is 9.91. The molecule has 0 spiro atoms. The molecular formula is C22H27NO5. The highest BCUT2D eigenvalue weighted by atomic mass is 16.6. The number of benzene rings is 2. The van der Waals surface area contributed by atoms with E-state index in [9.17, 15) is 14.7 Å². The predicted molar refractivity (Wildman–Crippen MR) is 107 cm³/mol. The zero-order valence-corrected chi connectivity index (χ0v) is 16.5. The van der Waals surface area contributed by atoms with Gasteiger partial charge in [0.2, 0.25) is 0 Å². The number of carboxylic acid groups (broad SMARTS) is 1. The SMILES string of the molecule is CC(C)(C)OC(=O)NCCCOc1ccc(C(C(=O)O)c2ccccc2)cc1. The van der Waals surface area contributed by atoms with E-state index in [0.29, 0.717) is 30.9 Å². The average Bonchev–Trinajstić information content (AvgIpc) is 2.62. The molecule has 0 radical (unpaired) electrons. The van der Waals surface area contributed by atoms with Gasteiger partial charge in [0.25, 0.3) is 0 Å². The molecule has 150 valence electrons. The lowest BCUT2D eigenvalue weighted by molar-refractivity contribution is -0.137. The van der Waals surface area contributed by atoms with Crippen LogP contribution in [0.1, 0.15) is 44.2 Å². The van der Waals surface area contributed by atoms with E-state index in [-0.39, 0.29) is 0 Å². The van der Waals surface area contributed by atoms with E-state index >= 15 is 0 Å². The van der Waals surface area contributed by atoms with Gasteiger partial charge in [-0.25, -0.2) is 4.79 Å². The summed E-state index contributed by atoms with van der Waals surface area (Å²) in [5, 5.41) is 12.3. The first-order valence-electron chi connectivity index (χ1n) is 9.23. The molecule has 0 aliphatic rings. The van der Waals surface area contributed by atoms with Crippen LogP contribution in [0.4, 0.5) is 4.79 Å². The van der Waals surface area contributed by atoms with E-state index in [0.717, 1.165) is 5.56 Å². The van der Waals surface area contributed by atoms with Crippen LogP contribution in [-0.2, 0) is 9.53 Å². The van der Waals surface area contributed by atoms with Crippen molar-refractivity contribution >= 4 is 12.1 Å². The summed E-state index contributed by atoms with van der Waals surface area (Å²) in [7, 11) is 0. The quantitative estimate of drug-likeness (QED) is 0.666. The van der Waals surface area contributed by atoms with Crippen molar-refractivity contribution in [2.75, 3.05) is 13.2 Å². The number of carboxylic acids is 1. The number of alkyl carbamates (subject to hydrolysis) is 1. The molecule has 0 saturated heterocycles. The number of carbonyl (C=O) groups excluding carboxylic acids is 1. The fourth-order valence-corrected chi connectivity index (χ4v) is 2.65. The molecule has 0 bridgehead atoms. The zero-order chi connectivity index (χ0) is 20.6. The summed E-state index contributed by atoms with van der Waals surface area (Å²) in [4.78, 5) is 23.2. The number of amides is 1. The highest BCUT2D eigenvalue weighted by Crippen LogP contribution is 2.26. The maximum atomic E-state index is 11.7. The highest BCUT2D eigenvalue weighted by Gasteiger charge is 2.21. The molecule has 0 heterocycles. The molecule has 6 nitrogen and oxygen atoms in total. The predicted octanol–water partition coefficient (Wildman–Crippen LogP) is 4.20. The Bertz CT molecular complexity index is 766. The number of aliphatic carboxylic acids is 1. The van der Waals surface area contributed by atoms with Gasteiger partial charge in [0.1, 0.15) is 17.3 Å². The lowest BCUT2D eigenvalue weighted by Crippen LogP contribution is -2.33. The number of hydrogen-bond donors (Lipinski definition) is 2. The third-order valence-corrected chi connectivity index (χ3v) is 3.85. The minimum Gasteiger partial charge on any atom is -0.494 e. The van der Waals surface area contributed by atoms with Gasteiger partial charge in [0.15, 0.2) is 0 Å². The topological polar surface area (TPSA) is 84.9 Å². The standard InChI is InChI=1S/C22H27NO5/c1-22(2,3)28-21(26)23-14-7-15-27-18-12-10-17(11-13-18)19(20(24)25)16-8-5-4-6-9-16/h4-6,8-13,19H,7,14-15H2,1-3H3,(H,23,26)(H,24,25). The molecule has 0 aromatic heterocycles. The molecule has 0 fully saturated rings. The smallest absolute Gasteiger partial charge is 0.407 e. The Balaban J connectivity index is 1.82. The van der Waals surface area contributed by atoms with Gasteiger partial charge in [-0.2, -0.15) is 0 Å². The van der Waals surface area contributed by atoms with E-state index < -0.39 is 23.6 Å². The summed E-state index contributed by atoms with van der Waals surface area (Å²) >= 11 is 0. The minimum absolute atomic E-state index is 0.427. The Labute approximate surface area is 165 Å². The summed E-state index contributed by atoms with van der Waals surface area (Å²) in [5.74, 6) is -0.959. The second-order valence-electron chi connectivity index (χ2n) is 7.38. The molecule has 2 aromatic carbocycles. The maximum Gasteiger partial charge on any atom is 0.407 e. The zero-order valence-electron chi connectivity index (χ0n) is 16.5. The van der Waals surface area contributed by atoms with Gasteiger partial charge in [0.05, 0.1) is 6.61 Å². The van der Waals surface area contributed by atoms with Crippen LogP contribution in [0.25, 0.3) is 0 Å². The largest absolute Gasteiger partial charge is 0.494 e. The van der Waals surface area contributed by atoms with Crippen LogP contribution in [-0.4, -0.2) is 35.9 Å². The van der Waals surface area contributed by atoms with Crippen molar-refractivity contribution in [3.63, 3.8) is 0 Å². The summed E-state index contributed by atoms with van der Waals surface area (Å²) in [6.45, 7) is 6.31. The first kappa shape index (κ1) is 21.3. The number of carbonyl (C=O) groups is 2. The van der Waals surface area contributed by atoms with Gasteiger partial charge in [0, 0.05) is 6.54 Å². The molecule has 0 aliphatic heterocycles. The molecule has 1 amide bonds. The molecule has 0 saturated carbocycles. The summed E-state index contributed by atoms with van der Waals surface area (Å²) in [5.41, 5.74) is 0.908. The van der Waals surface area contributed by atoms with Crippen molar-refractivity contribution in [3.8, 4) is 5.75 Å². The van der Waals surface area contributed by atoms with Crippen LogP contribution >= 0.6 is 0 Å². The van der Waals surface area contributed by atoms with Crippen LogP contribution < -0.4 is 10.1 Å². The van der Waals surface area contributed by atoms with Gasteiger partial charge in [-0.3, -0.25) is 4.79 Å². The van der Waals surface area contributed by atoms with Crippen LogP contribution in [0.2, 0.25) is 0 Å². The molecule has 1 atom stereocenters. The molecule has 1 unspecified atom stereocenters. The number of hydrogen-bond acceptors (Lipinski definition) is 4. The Kier molecular flexibility index (Phi) is 7.44. The number of ether oxygens (including phenoxy) is 2. The van der Waals surface area contributed by atoms with Gasteiger partial charge in [-0.05, 0) is 50.5 Å². The average molecular weight is 385 g/mol. The Hall–Kier alpha value is -3.02. The Morgan fingerprint density at radius 3 is 2.18 bits per heavy atom. The van der Waals surface area contributed by atoms with Crippen LogP contribution in [0.5, 0.6) is 5.75 Å². The maximum absolute atomic E-state index is 11.7. The second-order valence-corrected chi connectivity index (χ2v) is 7.38. The van der Waals surface area contributed by atoms with Gasteiger partial charge in [-0.15, -0.1) is 0 Å². The second kappa shape index (κ2) is 9.78. The Morgan fingerprint density at radius 1 is 1.00 bits per heavy atom. The van der Waals surface area contributed by atoms with E-state index in [4.69, 9.17) is 9.47 Å². The summed E-state index contributed by atoms with van der Waals surface area (Å²) in [6, 6.07) is 16.2. The first-order chi connectivity index (χ1) is 13.3. The first-order valence-corrected chi connectivity index (χ1v) is 9.23. The van der Waals surface area contributed by atoms with Crippen LogP contribution in [0, 0.1) is 0 Å². The van der Waals surface area contributed by atoms with Gasteiger partial charge in [-0.1, -0.05) is 42.5 Å². The van der Waals surface area contributed by atoms with Crippen LogP contribution in [0.3, 0.4) is 0 Å². The molecule has 2 aromatic rings. The van der Waals surface area contributed by atoms with Crippen molar-refractivity contribution in [1.82, 2.24) is 5.32 Å². The summed E-state index contributed by atoms with van der Waals surface area (Å²) in [6.07, 6.45) is 0.181. The molecular weight excluding hydrogens is 358 g/mol. The van der Waals surface area contributed by atoms with Crippen molar-refractivity contribution < 1.29 is 24.2 Å². The lowest BCUT2D eigenvalue weighted by Gasteiger charge is -2.19. The normalized spacial score (nSPS) is 12.1. The number of rotatable bonds is 8. The molecule has 0 aliphatic carbocycles. The molecule has 2 N–H and O–H groups in total. The molecule has 2 rings (SSSR count). The fourth-order valence-electron chi connectivity index (χ4n) is 2.65. The van der Waals surface area contributed by atoms with Crippen molar-refractivity contribution in [2.24, 2.45) is 0 Å². The minimum atomic E-state index is -0.895. The fraction of sp³-hybridized carbons (Fsp3) is 0.364. The third kappa shape index (κ3) is 6.95. The van der Waals surface area contributed by atoms with Crippen molar-refractivity contribution in [2.45, 2.75) is 38.7 Å². The highest BCUT2D eigenvalue weighted by molar-refractivity contribution is 5.80. The Morgan fingerprint density at radius 2 is 1.61 bits per heavy atom. The van der Waals surface area contributed by atoms with E-state index in [1.54, 1.807) is 36.4 Å². The molecule has 28 heavy (non-hydrogen) atoms. The molecule has 6 heteroatoms. The van der Waals surface area contributed by atoms with Gasteiger partial charge < -0.3 is 19.9 Å². The monoisotopic (exact) mass is 385 g/mol. The summed E-state index contributed by atoms with van der Waals surface area (Å²) < 4.78 is 10.8. The van der Waals surface area contributed by atoms with Gasteiger partial charge >= 0.3 is 12.1 Å². The van der Waals surface area contributed by atoms with Crippen LogP contribution in [0.15, 0.2) is 54.6 Å². The number of nitrogens with one attached hydrogen (secondary N) is 1. The third-order valence-electron chi connectivity index (χ3n) is 3.85. The van der Waals surface area contributed by atoms with E-state index in [1.165, 1.54) is 0 Å². The van der Waals surface area contributed by atoms with Crippen molar-refractivity contribution in [1.29, 1.82) is 0 Å².